The van der Waals surface area contributed by atoms with Crippen LogP contribution < -0.4 is 5.73 Å². The van der Waals surface area contributed by atoms with Crippen molar-refractivity contribution in [2.45, 2.75) is 72.4 Å². The first-order valence-electron chi connectivity index (χ1n) is 8.78. The molecule has 3 nitrogen and oxygen atoms in total. The fourth-order valence-corrected chi connectivity index (χ4v) is 3.54. The van der Waals surface area contributed by atoms with Crippen molar-refractivity contribution in [1.82, 2.24) is 4.90 Å². The van der Waals surface area contributed by atoms with E-state index in [1.807, 2.05) is 0 Å². The Morgan fingerprint density at radius 3 is 2.48 bits per heavy atom. The number of nitrogens with zero attached hydrogens (tertiary/aromatic N) is 1. The standard InChI is InChI=1S/C18H38N2O/c1-7-14(2)20(10-11-21-6)13-15-12-16(18(3,4)5)8-9-17(15)19/h14-17H,7-13,19H2,1-6H3. The Balaban J connectivity index is 2.66. The van der Waals surface area contributed by atoms with E-state index in [2.05, 4.69) is 39.5 Å². The lowest BCUT2D eigenvalue weighted by Gasteiger charge is -2.43. The topological polar surface area (TPSA) is 38.5 Å². The molecule has 0 radical (unpaired) electrons. The van der Waals surface area contributed by atoms with Gasteiger partial charge in [-0.05, 0) is 49.9 Å². The van der Waals surface area contributed by atoms with E-state index in [9.17, 15) is 0 Å². The fraction of sp³-hybridized carbons (Fsp3) is 1.00. The molecule has 0 bridgehead atoms. The average Bonchev–Trinajstić information content (AvgIpc) is 2.43. The van der Waals surface area contributed by atoms with Crippen LogP contribution in [0.15, 0.2) is 0 Å². The number of rotatable bonds is 7. The summed E-state index contributed by atoms with van der Waals surface area (Å²) < 4.78 is 5.29. The van der Waals surface area contributed by atoms with Gasteiger partial charge in [0.25, 0.3) is 0 Å². The Bertz CT molecular complexity index is 287. The highest BCUT2D eigenvalue weighted by molar-refractivity contribution is 4.89. The van der Waals surface area contributed by atoms with Crippen LogP contribution in [0.1, 0.15) is 60.3 Å². The summed E-state index contributed by atoms with van der Waals surface area (Å²) >= 11 is 0. The van der Waals surface area contributed by atoms with Crippen LogP contribution in [0.5, 0.6) is 0 Å². The third kappa shape index (κ3) is 5.88. The van der Waals surface area contributed by atoms with Crippen LogP contribution in [-0.2, 0) is 4.74 Å². The second kappa shape index (κ2) is 8.50. The molecule has 0 aromatic heterocycles. The minimum Gasteiger partial charge on any atom is -0.383 e. The first kappa shape index (κ1) is 18.9. The summed E-state index contributed by atoms with van der Waals surface area (Å²) in [6.07, 6.45) is 4.95. The highest BCUT2D eigenvalue weighted by atomic mass is 16.5. The molecule has 4 unspecified atom stereocenters. The molecular formula is C18H38N2O. The van der Waals surface area contributed by atoms with Crippen molar-refractivity contribution >= 4 is 0 Å². The number of nitrogens with two attached hydrogens (primary N) is 1. The van der Waals surface area contributed by atoms with Gasteiger partial charge in [0, 0.05) is 32.3 Å². The second-order valence-electron chi connectivity index (χ2n) is 8.04. The van der Waals surface area contributed by atoms with E-state index in [-0.39, 0.29) is 0 Å². The first-order valence-corrected chi connectivity index (χ1v) is 8.78. The van der Waals surface area contributed by atoms with E-state index >= 15 is 0 Å². The van der Waals surface area contributed by atoms with E-state index < -0.39 is 0 Å². The van der Waals surface area contributed by atoms with Gasteiger partial charge in [0.05, 0.1) is 6.61 Å². The summed E-state index contributed by atoms with van der Waals surface area (Å²) in [5.74, 6) is 1.44. The Kier molecular flexibility index (Phi) is 7.66. The third-order valence-corrected chi connectivity index (χ3v) is 5.53. The molecule has 0 aromatic carbocycles. The van der Waals surface area contributed by atoms with E-state index in [4.69, 9.17) is 10.5 Å². The average molecular weight is 299 g/mol. The van der Waals surface area contributed by atoms with Gasteiger partial charge in [0.1, 0.15) is 0 Å². The van der Waals surface area contributed by atoms with Crippen LogP contribution in [0.3, 0.4) is 0 Å². The summed E-state index contributed by atoms with van der Waals surface area (Å²) in [5, 5.41) is 0. The summed E-state index contributed by atoms with van der Waals surface area (Å²) in [7, 11) is 1.79. The van der Waals surface area contributed by atoms with Crippen molar-refractivity contribution in [3.05, 3.63) is 0 Å². The number of hydrogen-bond acceptors (Lipinski definition) is 3. The van der Waals surface area contributed by atoms with Gasteiger partial charge in [-0.1, -0.05) is 27.7 Å². The Labute approximate surface area is 132 Å². The van der Waals surface area contributed by atoms with Crippen LogP contribution >= 0.6 is 0 Å². The molecule has 0 aromatic rings. The number of ether oxygens (including phenoxy) is 1. The van der Waals surface area contributed by atoms with Gasteiger partial charge in [-0.2, -0.15) is 0 Å². The predicted molar refractivity (Wildman–Crippen MR) is 91.5 cm³/mol. The first-order chi connectivity index (χ1) is 9.79. The van der Waals surface area contributed by atoms with Crippen molar-refractivity contribution in [3.8, 4) is 0 Å². The highest BCUT2D eigenvalue weighted by Crippen LogP contribution is 2.40. The molecule has 0 heterocycles. The monoisotopic (exact) mass is 298 g/mol. The predicted octanol–water partition coefficient (Wildman–Crippen LogP) is 3.52. The maximum Gasteiger partial charge on any atom is 0.0589 e. The molecule has 1 saturated carbocycles. The maximum absolute atomic E-state index is 6.45. The molecule has 1 rings (SSSR count). The van der Waals surface area contributed by atoms with Crippen LogP contribution in [0, 0.1) is 17.3 Å². The van der Waals surface area contributed by atoms with Gasteiger partial charge in [-0.15, -0.1) is 0 Å². The van der Waals surface area contributed by atoms with Crippen LogP contribution in [-0.4, -0.2) is 43.8 Å². The zero-order valence-corrected chi connectivity index (χ0v) is 15.2. The molecule has 4 atom stereocenters. The summed E-state index contributed by atoms with van der Waals surface area (Å²) in [6.45, 7) is 14.7. The lowest BCUT2D eigenvalue weighted by molar-refractivity contribution is 0.0681. The smallest absolute Gasteiger partial charge is 0.0589 e. The molecule has 21 heavy (non-hydrogen) atoms. The molecular weight excluding hydrogens is 260 g/mol. The van der Waals surface area contributed by atoms with Crippen molar-refractivity contribution in [2.75, 3.05) is 26.8 Å². The zero-order valence-electron chi connectivity index (χ0n) is 15.2. The zero-order chi connectivity index (χ0) is 16.0. The lowest BCUT2D eigenvalue weighted by atomic mass is 9.67. The maximum atomic E-state index is 6.45. The lowest BCUT2D eigenvalue weighted by Crippen LogP contribution is -2.47. The van der Waals surface area contributed by atoms with Crippen molar-refractivity contribution in [2.24, 2.45) is 23.0 Å². The molecule has 1 aliphatic rings. The second-order valence-corrected chi connectivity index (χ2v) is 8.04. The molecule has 1 fully saturated rings. The minimum atomic E-state index is 0.373. The highest BCUT2D eigenvalue weighted by Gasteiger charge is 2.35. The molecule has 0 spiro atoms. The quantitative estimate of drug-likeness (QED) is 0.781. The van der Waals surface area contributed by atoms with Gasteiger partial charge in [0.15, 0.2) is 0 Å². The fourth-order valence-electron chi connectivity index (χ4n) is 3.54. The number of hydrogen-bond donors (Lipinski definition) is 1. The van der Waals surface area contributed by atoms with Gasteiger partial charge >= 0.3 is 0 Å². The Hall–Kier alpha value is -0.120. The van der Waals surface area contributed by atoms with Gasteiger partial charge in [0.2, 0.25) is 0 Å². The molecule has 0 saturated heterocycles. The summed E-state index contributed by atoms with van der Waals surface area (Å²) in [4.78, 5) is 2.58. The number of methoxy groups -OCH3 is 1. The third-order valence-electron chi connectivity index (χ3n) is 5.53. The minimum absolute atomic E-state index is 0.373. The molecule has 0 aliphatic heterocycles. The Morgan fingerprint density at radius 2 is 1.95 bits per heavy atom. The van der Waals surface area contributed by atoms with E-state index in [1.165, 1.54) is 25.7 Å². The van der Waals surface area contributed by atoms with Crippen molar-refractivity contribution < 1.29 is 4.74 Å². The summed E-state index contributed by atoms with van der Waals surface area (Å²) in [5.41, 5.74) is 6.85. The summed E-state index contributed by atoms with van der Waals surface area (Å²) in [6, 6.07) is 0.986. The van der Waals surface area contributed by atoms with E-state index in [1.54, 1.807) is 7.11 Å². The van der Waals surface area contributed by atoms with Crippen LogP contribution in [0.25, 0.3) is 0 Å². The largest absolute Gasteiger partial charge is 0.383 e. The van der Waals surface area contributed by atoms with Gasteiger partial charge in [-0.3, -0.25) is 4.90 Å². The molecule has 126 valence electrons. The van der Waals surface area contributed by atoms with E-state index in [0.717, 1.165) is 25.6 Å². The van der Waals surface area contributed by atoms with E-state index in [0.29, 0.717) is 23.4 Å². The molecule has 2 N–H and O–H groups in total. The van der Waals surface area contributed by atoms with Gasteiger partial charge < -0.3 is 10.5 Å². The van der Waals surface area contributed by atoms with Crippen LogP contribution in [0.4, 0.5) is 0 Å². The SMILES string of the molecule is CCC(C)N(CCOC)CC1CC(C(C)(C)C)CCC1N. The molecule has 1 aliphatic carbocycles. The van der Waals surface area contributed by atoms with Gasteiger partial charge in [-0.25, -0.2) is 0 Å². The molecule has 3 heteroatoms. The Morgan fingerprint density at radius 1 is 1.29 bits per heavy atom. The van der Waals surface area contributed by atoms with Crippen LogP contribution in [0.2, 0.25) is 0 Å². The van der Waals surface area contributed by atoms with Crippen molar-refractivity contribution in [1.29, 1.82) is 0 Å². The normalized spacial score (nSPS) is 28.9. The molecule has 0 amide bonds. The van der Waals surface area contributed by atoms with Crippen molar-refractivity contribution in [3.63, 3.8) is 0 Å².